The van der Waals surface area contributed by atoms with Crippen LogP contribution in [0, 0.1) is 6.92 Å². The smallest absolute Gasteiger partial charge is 0.329 e. The Morgan fingerprint density at radius 3 is 2.62 bits per heavy atom. The number of hydrogen-bond acceptors (Lipinski definition) is 5. The molecule has 2 aromatic rings. The fourth-order valence-electron chi connectivity index (χ4n) is 2.09. The number of carbonyl (C=O) groups excluding carboxylic acids is 3. The van der Waals surface area contributed by atoms with Gasteiger partial charge in [-0.25, -0.2) is 5.43 Å². The van der Waals surface area contributed by atoms with E-state index in [-0.39, 0.29) is 12.5 Å². The molecule has 0 radical (unpaired) electrons. The van der Waals surface area contributed by atoms with Gasteiger partial charge in [-0.15, -0.1) is 0 Å². The highest BCUT2D eigenvalue weighted by Crippen LogP contribution is 2.22. The highest BCUT2D eigenvalue weighted by Gasteiger charge is 2.10. The molecule has 0 aliphatic rings. The highest BCUT2D eigenvalue weighted by atomic mass is 79.9. The number of rotatable bonds is 6. The minimum atomic E-state index is -0.905. The van der Waals surface area contributed by atoms with Gasteiger partial charge in [0.15, 0.2) is 6.61 Å². The zero-order chi connectivity index (χ0) is 21.4. The molecule has 0 aliphatic carbocycles. The third-order valence-electron chi connectivity index (χ3n) is 3.59. The number of anilines is 1. The molecule has 0 atom stereocenters. The molecule has 0 spiro atoms. The quantitative estimate of drug-likeness (QED) is 0.335. The van der Waals surface area contributed by atoms with E-state index in [2.05, 4.69) is 37.1 Å². The van der Waals surface area contributed by atoms with Crippen LogP contribution in [0.2, 0.25) is 5.02 Å². The second-order valence-electron chi connectivity index (χ2n) is 5.76. The lowest BCUT2D eigenvalue weighted by Crippen LogP contribution is -2.35. The predicted octanol–water partition coefficient (Wildman–Crippen LogP) is 2.62. The Hall–Kier alpha value is -2.91. The molecule has 0 saturated carbocycles. The molecule has 0 fully saturated rings. The van der Waals surface area contributed by atoms with E-state index < -0.39 is 11.8 Å². The van der Waals surface area contributed by atoms with Crippen LogP contribution in [0.4, 0.5) is 5.69 Å². The maximum atomic E-state index is 12.1. The van der Waals surface area contributed by atoms with E-state index in [0.29, 0.717) is 22.0 Å². The fraction of sp³-hybridized carbons (Fsp3) is 0.158. The standard InChI is InChI=1S/C19H18BrClN4O4/c1-11-3-5-14(8-15(11)21)24-17(26)10-29-16-6-4-13(20)7-12(16)9-23-25-19(28)18(27)22-2/h3-9H,10H2,1-2H3,(H,22,27)(H,24,26)(H,25,28)/b23-9-. The van der Waals surface area contributed by atoms with Crippen molar-refractivity contribution in [3.8, 4) is 5.75 Å². The number of nitrogens with one attached hydrogen (secondary N) is 3. The first-order valence-electron chi connectivity index (χ1n) is 8.33. The fourth-order valence-corrected chi connectivity index (χ4v) is 2.65. The first-order chi connectivity index (χ1) is 13.8. The van der Waals surface area contributed by atoms with Crippen molar-refractivity contribution in [2.45, 2.75) is 6.92 Å². The summed E-state index contributed by atoms with van der Waals surface area (Å²) in [5.41, 5.74) is 4.05. The summed E-state index contributed by atoms with van der Waals surface area (Å²) >= 11 is 9.38. The summed E-state index contributed by atoms with van der Waals surface area (Å²) < 4.78 is 6.30. The maximum Gasteiger partial charge on any atom is 0.329 e. The number of nitrogens with zero attached hydrogens (tertiary/aromatic N) is 1. The number of amides is 3. The van der Waals surface area contributed by atoms with Gasteiger partial charge in [0.1, 0.15) is 5.75 Å². The van der Waals surface area contributed by atoms with E-state index >= 15 is 0 Å². The molecule has 2 rings (SSSR count). The summed E-state index contributed by atoms with van der Waals surface area (Å²) in [4.78, 5) is 34.7. The summed E-state index contributed by atoms with van der Waals surface area (Å²) in [7, 11) is 1.33. The van der Waals surface area contributed by atoms with E-state index in [1.54, 1.807) is 36.4 Å². The molecule has 0 aromatic heterocycles. The van der Waals surface area contributed by atoms with Crippen LogP contribution in [0.15, 0.2) is 46.0 Å². The minimum absolute atomic E-state index is 0.251. The molecule has 0 bridgehead atoms. The van der Waals surface area contributed by atoms with Gasteiger partial charge in [0.2, 0.25) is 0 Å². The largest absolute Gasteiger partial charge is 0.483 e. The van der Waals surface area contributed by atoms with E-state index in [0.717, 1.165) is 10.0 Å². The topological polar surface area (TPSA) is 109 Å². The van der Waals surface area contributed by atoms with Crippen molar-refractivity contribution in [2.75, 3.05) is 19.0 Å². The number of halogens is 2. The molecule has 2 aromatic carbocycles. The van der Waals surface area contributed by atoms with Gasteiger partial charge in [-0.1, -0.05) is 33.6 Å². The molecule has 0 aliphatic heterocycles. The molecule has 8 nitrogen and oxygen atoms in total. The first-order valence-corrected chi connectivity index (χ1v) is 9.50. The second-order valence-corrected chi connectivity index (χ2v) is 7.08. The van der Waals surface area contributed by atoms with Crippen LogP contribution in [-0.2, 0) is 14.4 Å². The maximum absolute atomic E-state index is 12.1. The molecular weight excluding hydrogens is 464 g/mol. The zero-order valence-electron chi connectivity index (χ0n) is 15.6. The number of benzene rings is 2. The van der Waals surface area contributed by atoms with Crippen molar-refractivity contribution in [2.24, 2.45) is 5.10 Å². The van der Waals surface area contributed by atoms with E-state index in [9.17, 15) is 14.4 Å². The molecule has 0 unspecified atom stereocenters. The lowest BCUT2D eigenvalue weighted by atomic mass is 10.2. The van der Waals surface area contributed by atoms with Gasteiger partial charge in [-0.3, -0.25) is 14.4 Å². The summed E-state index contributed by atoms with van der Waals surface area (Å²) in [6.45, 7) is 1.61. The Labute approximate surface area is 180 Å². The number of hydrogen-bond donors (Lipinski definition) is 3. The van der Waals surface area contributed by atoms with Crippen molar-refractivity contribution in [3.05, 3.63) is 57.0 Å². The van der Waals surface area contributed by atoms with Crippen molar-refractivity contribution < 1.29 is 19.1 Å². The summed E-state index contributed by atoms with van der Waals surface area (Å²) in [6, 6.07) is 10.3. The van der Waals surface area contributed by atoms with Gasteiger partial charge in [0.05, 0.1) is 6.21 Å². The van der Waals surface area contributed by atoms with Crippen molar-refractivity contribution >= 4 is 57.2 Å². The average Bonchev–Trinajstić information content (AvgIpc) is 2.69. The Morgan fingerprint density at radius 2 is 1.93 bits per heavy atom. The van der Waals surface area contributed by atoms with Crippen molar-refractivity contribution in [1.29, 1.82) is 0 Å². The Kier molecular flexibility index (Phi) is 8.17. The van der Waals surface area contributed by atoms with E-state index in [1.807, 2.05) is 6.92 Å². The Bertz CT molecular complexity index is 965. The lowest BCUT2D eigenvalue weighted by molar-refractivity contribution is -0.138. The summed E-state index contributed by atoms with van der Waals surface area (Å²) in [6.07, 6.45) is 1.30. The normalized spacial score (nSPS) is 10.5. The van der Waals surface area contributed by atoms with Gasteiger partial charge >= 0.3 is 11.8 Å². The second kappa shape index (κ2) is 10.6. The molecule has 0 heterocycles. The number of hydrazone groups is 1. The summed E-state index contributed by atoms with van der Waals surface area (Å²) in [5, 5.41) is 9.15. The minimum Gasteiger partial charge on any atom is -0.483 e. The molecule has 29 heavy (non-hydrogen) atoms. The van der Waals surface area contributed by atoms with Gasteiger partial charge in [-0.05, 0) is 42.8 Å². The van der Waals surface area contributed by atoms with Gasteiger partial charge in [0, 0.05) is 27.8 Å². The third kappa shape index (κ3) is 6.88. The lowest BCUT2D eigenvalue weighted by Gasteiger charge is -2.10. The van der Waals surface area contributed by atoms with Crippen LogP contribution in [-0.4, -0.2) is 37.6 Å². The Balaban J connectivity index is 2.01. The zero-order valence-corrected chi connectivity index (χ0v) is 17.9. The molecular formula is C19H18BrClN4O4. The van der Waals surface area contributed by atoms with E-state index in [4.69, 9.17) is 16.3 Å². The first kappa shape index (κ1) is 22.4. The van der Waals surface area contributed by atoms with Gasteiger partial charge in [-0.2, -0.15) is 5.10 Å². The number of likely N-dealkylation sites (N-methyl/N-ethyl adjacent to an activating group) is 1. The van der Waals surface area contributed by atoms with Crippen molar-refractivity contribution in [1.82, 2.24) is 10.7 Å². The number of carbonyl (C=O) groups is 3. The van der Waals surface area contributed by atoms with Crippen LogP contribution < -0.4 is 20.8 Å². The Morgan fingerprint density at radius 1 is 1.17 bits per heavy atom. The number of ether oxygens (including phenoxy) is 1. The molecule has 0 saturated heterocycles. The molecule has 152 valence electrons. The SMILES string of the molecule is CNC(=O)C(=O)N/N=C\c1cc(Br)ccc1OCC(=O)Nc1ccc(C)c(Cl)c1. The van der Waals surface area contributed by atoms with Crippen LogP contribution in [0.25, 0.3) is 0 Å². The van der Waals surface area contributed by atoms with Gasteiger partial charge < -0.3 is 15.4 Å². The highest BCUT2D eigenvalue weighted by molar-refractivity contribution is 9.10. The van der Waals surface area contributed by atoms with Crippen LogP contribution in [0.3, 0.4) is 0 Å². The van der Waals surface area contributed by atoms with Crippen molar-refractivity contribution in [3.63, 3.8) is 0 Å². The molecule has 10 heteroatoms. The van der Waals surface area contributed by atoms with E-state index in [1.165, 1.54) is 13.3 Å². The summed E-state index contributed by atoms with van der Waals surface area (Å²) in [5.74, 6) is -1.73. The molecule has 3 N–H and O–H groups in total. The predicted molar refractivity (Wildman–Crippen MR) is 114 cm³/mol. The molecule has 3 amide bonds. The monoisotopic (exact) mass is 480 g/mol. The van der Waals surface area contributed by atoms with Crippen LogP contribution in [0.1, 0.15) is 11.1 Å². The average molecular weight is 482 g/mol. The number of aryl methyl sites for hydroxylation is 1. The van der Waals surface area contributed by atoms with Crippen LogP contribution >= 0.6 is 27.5 Å². The van der Waals surface area contributed by atoms with Gasteiger partial charge in [0.25, 0.3) is 5.91 Å². The third-order valence-corrected chi connectivity index (χ3v) is 4.49. The van der Waals surface area contributed by atoms with Crippen LogP contribution in [0.5, 0.6) is 5.75 Å².